The van der Waals surface area contributed by atoms with Crippen LogP contribution in [-0.2, 0) is 22.9 Å². The molecule has 0 fully saturated rings. The second-order valence-electron chi connectivity index (χ2n) is 5.56. The van der Waals surface area contributed by atoms with Crippen molar-refractivity contribution in [2.75, 3.05) is 4.72 Å². The van der Waals surface area contributed by atoms with Crippen LogP contribution in [-0.4, -0.2) is 17.8 Å². The Bertz CT molecular complexity index is 991. The van der Waals surface area contributed by atoms with Crippen molar-refractivity contribution in [2.45, 2.75) is 30.7 Å². The van der Waals surface area contributed by atoms with E-state index in [1.807, 2.05) is 18.2 Å². The molecule has 0 atom stereocenters. The Morgan fingerprint density at radius 1 is 1.22 bits per heavy atom. The first kappa shape index (κ1) is 15.0. The van der Waals surface area contributed by atoms with Crippen LogP contribution in [0.3, 0.4) is 0 Å². The fraction of sp³-hybridized carbons (Fsp3) is 0.267. The molecule has 1 aliphatic carbocycles. The van der Waals surface area contributed by atoms with Gasteiger partial charge >= 0.3 is 0 Å². The lowest BCUT2D eigenvalue weighted by Crippen LogP contribution is -2.16. The standard InChI is InChI=1S/C15H14ClN3O2S2/c16-13-14(19-7-8-22-15(19)17-13)23(20,21)18-12-6-5-10-3-1-2-4-11(10)9-12/h5-9,18H,1-4H2. The minimum absolute atomic E-state index is 0.0117. The number of aromatic nitrogens is 2. The molecule has 2 aromatic heterocycles. The lowest BCUT2D eigenvalue weighted by Gasteiger charge is -2.17. The number of hydrogen-bond donors (Lipinski definition) is 1. The maximum atomic E-state index is 12.7. The zero-order chi connectivity index (χ0) is 16.0. The molecule has 1 N–H and O–H groups in total. The third-order valence-electron chi connectivity index (χ3n) is 4.03. The highest BCUT2D eigenvalue weighted by Gasteiger charge is 2.25. The third kappa shape index (κ3) is 2.62. The highest BCUT2D eigenvalue weighted by atomic mass is 35.5. The van der Waals surface area contributed by atoms with Crippen LogP contribution in [0, 0.1) is 0 Å². The maximum Gasteiger partial charge on any atom is 0.281 e. The number of nitrogens with zero attached hydrogens (tertiary/aromatic N) is 2. The average Bonchev–Trinajstić information content (AvgIpc) is 3.06. The van der Waals surface area contributed by atoms with Crippen LogP contribution < -0.4 is 4.72 Å². The van der Waals surface area contributed by atoms with E-state index in [4.69, 9.17) is 11.6 Å². The van der Waals surface area contributed by atoms with Crippen molar-refractivity contribution in [2.24, 2.45) is 0 Å². The average molecular weight is 368 g/mol. The smallest absolute Gasteiger partial charge is 0.278 e. The number of nitrogens with one attached hydrogen (secondary N) is 1. The van der Waals surface area contributed by atoms with Crippen LogP contribution in [0.4, 0.5) is 5.69 Å². The van der Waals surface area contributed by atoms with E-state index in [2.05, 4.69) is 9.71 Å². The summed E-state index contributed by atoms with van der Waals surface area (Å²) in [5.74, 6) is 0. The number of hydrogen-bond acceptors (Lipinski definition) is 4. The van der Waals surface area contributed by atoms with Crippen molar-refractivity contribution in [1.29, 1.82) is 0 Å². The van der Waals surface area contributed by atoms with Gasteiger partial charge in [-0.25, -0.2) is 4.98 Å². The van der Waals surface area contributed by atoms with Crippen LogP contribution in [0.15, 0.2) is 34.8 Å². The molecule has 1 aromatic carbocycles. The van der Waals surface area contributed by atoms with Gasteiger partial charge in [-0.15, -0.1) is 11.3 Å². The van der Waals surface area contributed by atoms with Gasteiger partial charge in [0, 0.05) is 17.3 Å². The molecule has 0 amide bonds. The van der Waals surface area contributed by atoms with Gasteiger partial charge in [0.25, 0.3) is 10.0 Å². The van der Waals surface area contributed by atoms with Crippen LogP contribution in [0.1, 0.15) is 24.0 Å². The van der Waals surface area contributed by atoms with Crippen molar-refractivity contribution < 1.29 is 8.42 Å². The molecule has 0 aliphatic heterocycles. The molecule has 4 rings (SSSR count). The van der Waals surface area contributed by atoms with Gasteiger partial charge < -0.3 is 0 Å². The number of imidazole rings is 1. The Kier molecular flexibility index (Phi) is 3.59. The van der Waals surface area contributed by atoms with Crippen molar-refractivity contribution in [3.63, 3.8) is 0 Å². The van der Waals surface area contributed by atoms with Gasteiger partial charge in [0.1, 0.15) is 0 Å². The Morgan fingerprint density at radius 3 is 2.83 bits per heavy atom. The molecule has 120 valence electrons. The monoisotopic (exact) mass is 367 g/mol. The number of benzene rings is 1. The summed E-state index contributed by atoms with van der Waals surface area (Å²) in [4.78, 5) is 4.64. The van der Waals surface area contributed by atoms with E-state index >= 15 is 0 Å². The van der Waals surface area contributed by atoms with E-state index in [0.29, 0.717) is 10.6 Å². The summed E-state index contributed by atoms with van der Waals surface area (Å²) in [7, 11) is -3.80. The summed E-state index contributed by atoms with van der Waals surface area (Å²) in [6, 6.07) is 5.73. The molecule has 1 aliphatic rings. The van der Waals surface area contributed by atoms with Crippen LogP contribution in [0.5, 0.6) is 0 Å². The van der Waals surface area contributed by atoms with Crippen molar-refractivity contribution in [1.82, 2.24) is 9.38 Å². The van der Waals surface area contributed by atoms with Gasteiger partial charge in [-0.2, -0.15) is 8.42 Å². The molecule has 0 saturated heterocycles. The molecule has 23 heavy (non-hydrogen) atoms. The first-order valence-corrected chi connectivity index (χ1v) is 10.0. The normalized spacial score (nSPS) is 14.8. The zero-order valence-corrected chi connectivity index (χ0v) is 14.5. The van der Waals surface area contributed by atoms with Crippen molar-refractivity contribution in [3.05, 3.63) is 46.1 Å². The molecule has 3 aromatic rings. The summed E-state index contributed by atoms with van der Waals surface area (Å²) >= 11 is 7.37. The molecule has 0 bridgehead atoms. The lowest BCUT2D eigenvalue weighted by atomic mass is 9.91. The van der Waals surface area contributed by atoms with Crippen LogP contribution >= 0.6 is 22.9 Å². The third-order valence-corrected chi connectivity index (χ3v) is 6.57. The van der Waals surface area contributed by atoms with E-state index in [1.54, 1.807) is 11.6 Å². The number of rotatable bonds is 3. The van der Waals surface area contributed by atoms with E-state index in [-0.39, 0.29) is 10.2 Å². The highest BCUT2D eigenvalue weighted by Crippen LogP contribution is 2.29. The van der Waals surface area contributed by atoms with Crippen molar-refractivity contribution in [3.8, 4) is 0 Å². The van der Waals surface area contributed by atoms with E-state index in [9.17, 15) is 8.42 Å². The molecule has 0 saturated carbocycles. The minimum Gasteiger partial charge on any atom is -0.278 e. The minimum atomic E-state index is -3.80. The first-order chi connectivity index (χ1) is 11.0. The van der Waals surface area contributed by atoms with Crippen molar-refractivity contribution >= 4 is 43.6 Å². The number of halogens is 1. The Hall–Kier alpha value is -1.57. The maximum absolute atomic E-state index is 12.7. The summed E-state index contributed by atoms with van der Waals surface area (Å²) < 4.78 is 29.5. The Labute approximate surface area is 143 Å². The zero-order valence-electron chi connectivity index (χ0n) is 12.1. The van der Waals surface area contributed by atoms with Gasteiger partial charge in [-0.05, 0) is 48.9 Å². The molecule has 0 radical (unpaired) electrons. The number of aryl methyl sites for hydroxylation is 2. The molecular weight excluding hydrogens is 354 g/mol. The van der Waals surface area contributed by atoms with Gasteiger partial charge in [0.15, 0.2) is 15.1 Å². The van der Waals surface area contributed by atoms with E-state index < -0.39 is 10.0 Å². The van der Waals surface area contributed by atoms with Gasteiger partial charge in [-0.1, -0.05) is 17.7 Å². The largest absolute Gasteiger partial charge is 0.281 e. The molecule has 0 spiro atoms. The number of thiazole rings is 1. The van der Waals surface area contributed by atoms with E-state index in [0.717, 1.165) is 19.3 Å². The number of anilines is 1. The van der Waals surface area contributed by atoms with E-state index in [1.165, 1.54) is 33.3 Å². The topological polar surface area (TPSA) is 63.5 Å². The quantitative estimate of drug-likeness (QED) is 0.767. The Balaban J connectivity index is 1.72. The number of sulfonamides is 1. The number of fused-ring (bicyclic) bond motifs is 2. The summed E-state index contributed by atoms with van der Waals surface area (Å²) in [6.45, 7) is 0. The molecule has 8 heteroatoms. The second kappa shape index (κ2) is 5.51. The molecule has 5 nitrogen and oxygen atoms in total. The molecule has 2 heterocycles. The van der Waals surface area contributed by atoms with Gasteiger partial charge in [-0.3, -0.25) is 9.12 Å². The SMILES string of the molecule is O=S(=O)(Nc1ccc2c(c1)CCCC2)c1c(Cl)nc2sccn12. The fourth-order valence-electron chi connectivity index (χ4n) is 2.98. The summed E-state index contributed by atoms with van der Waals surface area (Å²) in [6.07, 6.45) is 6.05. The summed E-state index contributed by atoms with van der Waals surface area (Å²) in [5, 5.41) is 1.74. The lowest BCUT2D eigenvalue weighted by molar-refractivity contribution is 0.596. The van der Waals surface area contributed by atoms with Crippen LogP contribution in [0.25, 0.3) is 4.96 Å². The summed E-state index contributed by atoms with van der Waals surface area (Å²) in [5.41, 5.74) is 3.09. The molecular formula is C15H14ClN3O2S2. The van der Waals surface area contributed by atoms with Gasteiger partial charge in [0.2, 0.25) is 0 Å². The first-order valence-electron chi connectivity index (χ1n) is 7.30. The predicted molar refractivity (Wildman–Crippen MR) is 92.0 cm³/mol. The second-order valence-corrected chi connectivity index (χ2v) is 8.39. The Morgan fingerprint density at radius 2 is 2.00 bits per heavy atom. The predicted octanol–water partition coefficient (Wildman–Crippen LogP) is 3.73. The van der Waals surface area contributed by atoms with Gasteiger partial charge in [0.05, 0.1) is 0 Å². The van der Waals surface area contributed by atoms with Crippen LogP contribution in [0.2, 0.25) is 5.15 Å². The molecule has 0 unspecified atom stereocenters. The fourth-order valence-corrected chi connectivity index (χ4v) is 5.48. The highest BCUT2D eigenvalue weighted by molar-refractivity contribution is 7.92.